The molecule has 4 heavy (non-hydrogen) atoms. The molecule has 0 fully saturated rings. The first-order chi connectivity index (χ1) is 0. The Kier molecular flexibility index (Phi) is 90.5. The van der Waals surface area contributed by atoms with Crippen LogP contribution in [0.4, 0.5) is 0 Å². The van der Waals surface area contributed by atoms with E-state index in [1.165, 1.54) is 0 Å². The largest absolute Gasteiger partial charge is 0 e. The molecule has 35 valence electrons. The van der Waals surface area contributed by atoms with Crippen molar-refractivity contribution in [3.05, 3.63) is 0 Å². The zero-order chi connectivity index (χ0) is 0. The zero-order valence-corrected chi connectivity index (χ0v) is 11.0. The molecular formula is BaCuGdYb. The van der Waals surface area contributed by atoms with Gasteiger partial charge in [-0.2, -0.15) is 0 Å². The maximum Gasteiger partial charge on any atom is 0 e. The van der Waals surface area contributed by atoms with Crippen molar-refractivity contribution in [2.24, 2.45) is 0 Å². The van der Waals surface area contributed by atoms with E-state index >= 15 is 0 Å². The van der Waals surface area contributed by atoms with Crippen molar-refractivity contribution < 1.29 is 104 Å². The second-order valence-corrected chi connectivity index (χ2v) is 0. The Bertz CT molecular complexity index is 8.00. The van der Waals surface area contributed by atoms with Gasteiger partial charge in [0.15, 0.2) is 0 Å². The summed E-state index contributed by atoms with van der Waals surface area (Å²) < 4.78 is 0. The van der Waals surface area contributed by atoms with Crippen molar-refractivity contribution in [3.8, 4) is 0 Å². The van der Waals surface area contributed by atoms with E-state index in [1.54, 1.807) is 0 Å². The van der Waals surface area contributed by atoms with Crippen LogP contribution in [0.5, 0.6) is 0 Å². The third kappa shape index (κ3) is 10.0. The summed E-state index contributed by atoms with van der Waals surface area (Å²) in [6.07, 6.45) is 0. The molecule has 0 aliphatic carbocycles. The molecule has 0 aromatic rings. The summed E-state index contributed by atoms with van der Waals surface area (Å²) in [5.41, 5.74) is 0. The predicted molar refractivity (Wildman–Crippen MR) is 5.75 cm³/mol. The Morgan fingerprint density at radius 2 is 1.00 bits per heavy atom. The monoisotopic (exact) mass is 533 g/mol. The summed E-state index contributed by atoms with van der Waals surface area (Å²) in [6, 6.07) is 0. The van der Waals surface area contributed by atoms with Gasteiger partial charge in [-0.15, -0.1) is 0 Å². The van der Waals surface area contributed by atoms with E-state index in [2.05, 4.69) is 0 Å². The summed E-state index contributed by atoms with van der Waals surface area (Å²) in [7, 11) is 0. The third-order valence-corrected chi connectivity index (χ3v) is 0. The minimum Gasteiger partial charge on any atom is 0 e. The quantitative estimate of drug-likeness (QED) is 0.375. The van der Waals surface area contributed by atoms with Gasteiger partial charge >= 0.3 is 0 Å². The summed E-state index contributed by atoms with van der Waals surface area (Å²) >= 11 is 0. The van der Waals surface area contributed by atoms with Crippen LogP contribution in [0.15, 0.2) is 0 Å². The standard InChI is InChI=1S/Ba.Cu.Gd.Yb. The molecule has 0 spiro atoms. The fraction of sp³-hybridized carbons (Fsp3) is 0. The molecule has 0 amide bonds. The van der Waals surface area contributed by atoms with Gasteiger partial charge < -0.3 is 0 Å². The first kappa shape index (κ1) is 23.1. The second-order valence-electron chi connectivity index (χ2n) is 0. The Labute approximate surface area is 147 Å². The smallest absolute Gasteiger partial charge is 0 e. The average Bonchev–Trinajstić information content (AvgIpc) is 0. The van der Waals surface area contributed by atoms with Gasteiger partial charge in [0.2, 0.25) is 0 Å². The van der Waals surface area contributed by atoms with Crippen molar-refractivity contribution in [2.45, 2.75) is 0 Å². The fourth-order valence-electron chi connectivity index (χ4n) is 0. The molecule has 0 aliphatic rings. The summed E-state index contributed by atoms with van der Waals surface area (Å²) in [4.78, 5) is 0. The van der Waals surface area contributed by atoms with Crippen molar-refractivity contribution in [2.75, 3.05) is 0 Å². The average molecular weight is 531 g/mol. The molecule has 0 unspecified atom stereocenters. The molecule has 0 bridgehead atoms. The van der Waals surface area contributed by atoms with Crippen LogP contribution in [0.1, 0.15) is 0 Å². The van der Waals surface area contributed by atoms with E-state index in [4.69, 9.17) is 0 Å². The normalized spacial score (nSPS) is 0. The van der Waals surface area contributed by atoms with E-state index in [0.29, 0.717) is 0 Å². The van der Waals surface area contributed by atoms with Gasteiger partial charge in [-0.3, -0.25) is 0 Å². The first-order valence-electron chi connectivity index (χ1n) is 0. The molecule has 4 heteroatoms. The second kappa shape index (κ2) is 15.7. The van der Waals surface area contributed by atoms with E-state index in [1.807, 2.05) is 0 Å². The topological polar surface area (TPSA) is 0 Å². The van der Waals surface area contributed by atoms with Gasteiger partial charge in [0.1, 0.15) is 0 Å². The molecule has 0 saturated heterocycles. The van der Waals surface area contributed by atoms with Gasteiger partial charge in [0.05, 0.1) is 0 Å². The molecule has 0 rings (SSSR count). The molecule has 0 aliphatic heterocycles. The molecule has 0 nitrogen and oxygen atoms in total. The number of hydrogen-bond acceptors (Lipinski definition) is 0. The molecule has 0 saturated carbocycles. The van der Waals surface area contributed by atoms with Crippen LogP contribution in [-0.2, 0) is 17.1 Å². The minimum absolute atomic E-state index is 0. The van der Waals surface area contributed by atoms with Gasteiger partial charge in [-0.25, -0.2) is 0 Å². The van der Waals surface area contributed by atoms with Gasteiger partial charge in [-0.05, 0) is 0 Å². The number of hydrogen-bond donors (Lipinski definition) is 0. The van der Waals surface area contributed by atoms with Crippen molar-refractivity contribution >= 4 is 48.9 Å². The van der Waals surface area contributed by atoms with E-state index in [-0.39, 0.29) is 153 Å². The van der Waals surface area contributed by atoms with Crippen LogP contribution in [0.3, 0.4) is 0 Å². The maximum atomic E-state index is 0. The summed E-state index contributed by atoms with van der Waals surface area (Å²) in [6.45, 7) is 0. The van der Waals surface area contributed by atoms with Crippen LogP contribution in [0.25, 0.3) is 0 Å². The predicted octanol–water partition coefficient (Wildman–Crippen LogP) is -0.383. The Morgan fingerprint density at radius 1 is 1.00 bits per heavy atom. The molecule has 0 atom stereocenters. The number of rotatable bonds is 0. The van der Waals surface area contributed by atoms with E-state index in [0.717, 1.165) is 0 Å². The van der Waals surface area contributed by atoms with Crippen LogP contribution in [-0.4, -0.2) is 48.9 Å². The van der Waals surface area contributed by atoms with Gasteiger partial charge in [0.25, 0.3) is 0 Å². The van der Waals surface area contributed by atoms with Gasteiger partial charge in [-0.1, -0.05) is 0 Å². The molecule has 0 aromatic heterocycles. The van der Waals surface area contributed by atoms with Crippen LogP contribution in [0, 0.1) is 86.9 Å². The van der Waals surface area contributed by atoms with Crippen molar-refractivity contribution in [1.82, 2.24) is 0 Å². The first-order valence-corrected chi connectivity index (χ1v) is 0. The van der Waals surface area contributed by atoms with E-state index < -0.39 is 0 Å². The zero-order valence-electron chi connectivity index (χ0n) is 1.63. The minimum atomic E-state index is 0. The fourth-order valence-corrected chi connectivity index (χ4v) is 0. The maximum absolute atomic E-state index is 0. The van der Waals surface area contributed by atoms with Gasteiger partial charge in [0, 0.05) is 153 Å². The SMILES string of the molecule is [Ba].[Cu].[Gd].[Yb]. The van der Waals surface area contributed by atoms with Crippen molar-refractivity contribution in [1.29, 1.82) is 0 Å². The molecule has 0 aromatic carbocycles. The summed E-state index contributed by atoms with van der Waals surface area (Å²) in [5, 5.41) is 0. The molecular weight excluding hydrogens is 531 g/mol. The molecule has 0 heterocycles. The van der Waals surface area contributed by atoms with E-state index in [9.17, 15) is 0 Å². The Morgan fingerprint density at radius 3 is 1.00 bits per heavy atom. The van der Waals surface area contributed by atoms with Crippen LogP contribution < -0.4 is 0 Å². The van der Waals surface area contributed by atoms with Crippen molar-refractivity contribution in [3.63, 3.8) is 0 Å². The third-order valence-electron chi connectivity index (χ3n) is 0. The Balaban J connectivity index is 0. The van der Waals surface area contributed by atoms with Crippen LogP contribution in [0.2, 0.25) is 0 Å². The summed E-state index contributed by atoms with van der Waals surface area (Å²) in [5.74, 6) is 0. The Hall–Kier alpha value is 4.94. The van der Waals surface area contributed by atoms with Crippen LogP contribution >= 0.6 is 0 Å². The molecule has 3 radical (unpaired) electrons. The molecule has 0 N–H and O–H groups in total.